The molecule has 0 saturated heterocycles. The lowest BCUT2D eigenvalue weighted by molar-refractivity contribution is -0.274. The summed E-state index contributed by atoms with van der Waals surface area (Å²) in [4.78, 5) is 38.0. The predicted octanol–water partition coefficient (Wildman–Crippen LogP) is 3.92. The minimum Gasteiger partial charge on any atom is -0.406 e. The van der Waals surface area contributed by atoms with Gasteiger partial charge in [0, 0.05) is 35.9 Å². The molecule has 0 aliphatic rings. The molecule has 0 aliphatic heterocycles. The fraction of sp³-hybridized carbons (Fsp3) is 0.125. The lowest BCUT2D eigenvalue weighted by atomic mass is 10.0. The highest BCUT2D eigenvalue weighted by Crippen LogP contribution is 2.26. The van der Waals surface area contributed by atoms with Crippen molar-refractivity contribution in [2.75, 3.05) is 0 Å². The van der Waals surface area contributed by atoms with Crippen LogP contribution in [0.25, 0.3) is 11.4 Å². The van der Waals surface area contributed by atoms with E-state index in [9.17, 15) is 22.8 Å². The molecule has 1 atom stereocenters. The highest BCUT2D eigenvalue weighted by atomic mass is 19.4. The Morgan fingerprint density at radius 2 is 1.74 bits per heavy atom. The summed E-state index contributed by atoms with van der Waals surface area (Å²) in [5.41, 5.74) is 0.786. The van der Waals surface area contributed by atoms with Crippen LogP contribution in [0.4, 0.5) is 13.2 Å². The average molecular weight is 481 g/mol. The molecule has 1 N–H and O–H groups in total. The van der Waals surface area contributed by atoms with Crippen molar-refractivity contribution in [2.45, 2.75) is 18.9 Å². The molecule has 2 aromatic heterocycles. The van der Waals surface area contributed by atoms with Crippen LogP contribution in [0.3, 0.4) is 0 Å². The quantitative estimate of drug-likeness (QED) is 0.383. The van der Waals surface area contributed by atoms with E-state index in [-0.39, 0.29) is 29.3 Å². The number of alkyl halides is 3. The molecular formula is C24H18F3N5O3. The maximum absolute atomic E-state index is 13.0. The topological polar surface area (TPSA) is 99.0 Å². The standard InChI is InChI=1S/C24H18F3N5O3/c25-24(26,27)35-19-8-4-7-17(11-19)22-29-12-18(13-30-22)23(34)31-20(14-32-10-9-28-15-32)21(33)16-5-2-1-3-6-16/h1-13,15,20H,14H2,(H,31,34). The average Bonchev–Trinajstić information content (AvgIpc) is 3.36. The molecule has 2 aromatic carbocycles. The van der Waals surface area contributed by atoms with Gasteiger partial charge in [0.2, 0.25) is 0 Å². The molecule has 35 heavy (non-hydrogen) atoms. The van der Waals surface area contributed by atoms with Crippen LogP contribution in [0, 0.1) is 0 Å². The van der Waals surface area contributed by atoms with Gasteiger partial charge in [-0.2, -0.15) is 0 Å². The van der Waals surface area contributed by atoms with Gasteiger partial charge in [-0.3, -0.25) is 9.59 Å². The van der Waals surface area contributed by atoms with Crippen LogP contribution >= 0.6 is 0 Å². The number of ketones is 1. The van der Waals surface area contributed by atoms with Crippen molar-refractivity contribution < 1.29 is 27.5 Å². The molecule has 11 heteroatoms. The molecule has 178 valence electrons. The van der Waals surface area contributed by atoms with Gasteiger partial charge in [-0.1, -0.05) is 42.5 Å². The molecule has 0 radical (unpaired) electrons. The number of benzene rings is 2. The minimum atomic E-state index is -4.83. The van der Waals surface area contributed by atoms with Crippen LogP contribution in [0.1, 0.15) is 20.7 Å². The van der Waals surface area contributed by atoms with Gasteiger partial charge in [-0.15, -0.1) is 13.2 Å². The van der Waals surface area contributed by atoms with E-state index in [4.69, 9.17) is 0 Å². The smallest absolute Gasteiger partial charge is 0.406 e. The first-order valence-electron chi connectivity index (χ1n) is 10.3. The molecule has 1 amide bonds. The van der Waals surface area contributed by atoms with Gasteiger partial charge in [0.05, 0.1) is 18.4 Å². The Labute approximate surface area is 197 Å². The van der Waals surface area contributed by atoms with Crippen molar-refractivity contribution in [1.29, 1.82) is 0 Å². The van der Waals surface area contributed by atoms with Gasteiger partial charge in [0.15, 0.2) is 11.6 Å². The van der Waals surface area contributed by atoms with Crippen LogP contribution in [-0.4, -0.2) is 43.6 Å². The summed E-state index contributed by atoms with van der Waals surface area (Å²) in [5.74, 6) is -1.18. The van der Waals surface area contributed by atoms with Gasteiger partial charge in [0.25, 0.3) is 5.91 Å². The lowest BCUT2D eigenvalue weighted by Crippen LogP contribution is -2.43. The number of ether oxygens (including phenoxy) is 1. The minimum absolute atomic E-state index is 0.0768. The monoisotopic (exact) mass is 481 g/mol. The highest BCUT2D eigenvalue weighted by Gasteiger charge is 2.31. The van der Waals surface area contributed by atoms with Crippen LogP contribution in [0.2, 0.25) is 0 Å². The molecule has 0 fully saturated rings. The fourth-order valence-electron chi connectivity index (χ4n) is 3.27. The fourth-order valence-corrected chi connectivity index (χ4v) is 3.27. The Morgan fingerprint density at radius 1 is 1.00 bits per heavy atom. The SMILES string of the molecule is O=C(NC(Cn1ccnc1)C(=O)c1ccccc1)c1cnc(-c2cccc(OC(F)(F)F)c2)nc1. The molecule has 8 nitrogen and oxygen atoms in total. The number of halogens is 3. The summed E-state index contributed by atoms with van der Waals surface area (Å²) in [6.45, 7) is 0.157. The third-order valence-corrected chi connectivity index (χ3v) is 4.87. The summed E-state index contributed by atoms with van der Waals surface area (Å²) in [5, 5.41) is 2.70. The predicted molar refractivity (Wildman–Crippen MR) is 118 cm³/mol. The zero-order valence-corrected chi connectivity index (χ0v) is 18.0. The van der Waals surface area contributed by atoms with Crippen LogP contribution in [0.15, 0.2) is 85.7 Å². The van der Waals surface area contributed by atoms with E-state index >= 15 is 0 Å². The summed E-state index contributed by atoms with van der Waals surface area (Å²) >= 11 is 0. The molecule has 0 aliphatic carbocycles. The van der Waals surface area contributed by atoms with Crippen molar-refractivity contribution in [2.24, 2.45) is 0 Å². The number of amides is 1. The summed E-state index contributed by atoms with van der Waals surface area (Å²) in [6.07, 6.45) is 2.41. The van der Waals surface area contributed by atoms with Gasteiger partial charge in [0.1, 0.15) is 11.8 Å². The zero-order valence-electron chi connectivity index (χ0n) is 18.0. The Bertz CT molecular complexity index is 1290. The van der Waals surface area contributed by atoms with Crippen molar-refractivity contribution >= 4 is 11.7 Å². The van der Waals surface area contributed by atoms with Gasteiger partial charge in [-0.25, -0.2) is 15.0 Å². The van der Waals surface area contributed by atoms with E-state index in [1.807, 2.05) is 0 Å². The number of hydrogen-bond donors (Lipinski definition) is 1. The maximum Gasteiger partial charge on any atom is 0.573 e. The van der Waals surface area contributed by atoms with E-state index in [2.05, 4.69) is 25.0 Å². The molecule has 2 heterocycles. The van der Waals surface area contributed by atoms with Crippen molar-refractivity contribution in [3.05, 3.63) is 96.8 Å². The Balaban J connectivity index is 1.51. The van der Waals surface area contributed by atoms with Gasteiger partial charge in [-0.05, 0) is 12.1 Å². The van der Waals surface area contributed by atoms with Crippen molar-refractivity contribution in [1.82, 2.24) is 24.8 Å². The number of rotatable bonds is 8. The summed E-state index contributed by atoms with van der Waals surface area (Å²) in [7, 11) is 0. The first-order valence-corrected chi connectivity index (χ1v) is 10.3. The number of imidazole rings is 1. The maximum atomic E-state index is 13.0. The van der Waals surface area contributed by atoms with Crippen molar-refractivity contribution in [3.8, 4) is 17.1 Å². The summed E-state index contributed by atoms with van der Waals surface area (Å²) < 4.78 is 43.0. The first-order chi connectivity index (χ1) is 16.8. The van der Waals surface area contributed by atoms with Crippen molar-refractivity contribution in [3.63, 3.8) is 0 Å². The van der Waals surface area contributed by atoms with E-state index < -0.39 is 24.1 Å². The molecule has 0 saturated carbocycles. The van der Waals surface area contributed by atoms with E-state index in [0.29, 0.717) is 5.56 Å². The summed E-state index contributed by atoms with van der Waals surface area (Å²) in [6, 6.07) is 12.8. The normalized spacial score (nSPS) is 12.1. The largest absolute Gasteiger partial charge is 0.573 e. The number of carbonyl (C=O) groups excluding carboxylic acids is 2. The molecular weight excluding hydrogens is 463 g/mol. The highest BCUT2D eigenvalue weighted by molar-refractivity contribution is 6.04. The van der Waals surface area contributed by atoms with E-state index in [1.54, 1.807) is 47.3 Å². The third-order valence-electron chi connectivity index (χ3n) is 4.87. The second-order valence-electron chi connectivity index (χ2n) is 7.39. The second-order valence-corrected chi connectivity index (χ2v) is 7.39. The number of carbonyl (C=O) groups is 2. The number of nitrogens with one attached hydrogen (secondary N) is 1. The Morgan fingerprint density at radius 3 is 2.40 bits per heavy atom. The number of aromatic nitrogens is 4. The molecule has 0 bridgehead atoms. The lowest BCUT2D eigenvalue weighted by Gasteiger charge is -2.18. The number of Topliss-reactive ketones (excluding diaryl/α,β-unsaturated/α-hetero) is 1. The first kappa shape index (κ1) is 23.6. The third kappa shape index (κ3) is 6.28. The molecule has 4 rings (SSSR count). The zero-order chi connectivity index (χ0) is 24.8. The Kier molecular flexibility index (Phi) is 6.86. The van der Waals surface area contributed by atoms with Crippen LogP contribution < -0.4 is 10.1 Å². The van der Waals surface area contributed by atoms with E-state index in [1.165, 1.54) is 30.9 Å². The number of nitrogens with zero attached hydrogens (tertiary/aromatic N) is 4. The van der Waals surface area contributed by atoms with Gasteiger partial charge >= 0.3 is 6.36 Å². The Hall–Kier alpha value is -4.54. The van der Waals surface area contributed by atoms with E-state index in [0.717, 1.165) is 12.1 Å². The molecule has 4 aromatic rings. The molecule has 0 spiro atoms. The van der Waals surface area contributed by atoms with Gasteiger partial charge < -0.3 is 14.6 Å². The second kappa shape index (κ2) is 10.2. The van der Waals surface area contributed by atoms with Crippen LogP contribution in [-0.2, 0) is 6.54 Å². The van der Waals surface area contributed by atoms with Crippen LogP contribution in [0.5, 0.6) is 5.75 Å². The molecule has 1 unspecified atom stereocenters. The number of hydrogen-bond acceptors (Lipinski definition) is 6.